The van der Waals surface area contributed by atoms with E-state index < -0.39 is 0 Å². The van der Waals surface area contributed by atoms with E-state index in [4.69, 9.17) is 4.74 Å². The Labute approximate surface area is 101 Å². The molecule has 1 unspecified atom stereocenters. The summed E-state index contributed by atoms with van der Waals surface area (Å²) in [4.78, 5) is 11.6. The molecule has 1 aromatic heterocycles. The number of amides is 1. The minimum atomic E-state index is -0.1000. The van der Waals surface area contributed by atoms with Gasteiger partial charge in [0.05, 0.1) is 0 Å². The van der Waals surface area contributed by atoms with E-state index in [1.807, 2.05) is 6.92 Å². The van der Waals surface area contributed by atoms with E-state index in [0.717, 1.165) is 38.2 Å². The van der Waals surface area contributed by atoms with Gasteiger partial charge in [-0.1, -0.05) is 0 Å². The van der Waals surface area contributed by atoms with Crippen molar-refractivity contribution < 1.29 is 9.53 Å². The summed E-state index contributed by atoms with van der Waals surface area (Å²) < 4.78 is 5.31. The molecule has 1 aliphatic heterocycles. The van der Waals surface area contributed by atoms with Crippen molar-refractivity contribution in [1.29, 1.82) is 0 Å². The maximum atomic E-state index is 11.6. The molecule has 1 amide bonds. The van der Waals surface area contributed by atoms with Crippen LogP contribution >= 0.6 is 0 Å². The number of carbonyl (C=O) groups excluding carboxylic acids is 1. The Balaban J connectivity index is 1.63. The fourth-order valence-corrected chi connectivity index (χ4v) is 2.03. The van der Waals surface area contributed by atoms with Crippen LogP contribution in [-0.2, 0) is 4.74 Å². The van der Waals surface area contributed by atoms with Crippen LogP contribution in [0.3, 0.4) is 0 Å². The Morgan fingerprint density at radius 1 is 1.71 bits per heavy atom. The third kappa shape index (κ3) is 3.56. The summed E-state index contributed by atoms with van der Waals surface area (Å²) in [6, 6.07) is 1.75. The molecule has 17 heavy (non-hydrogen) atoms. The van der Waals surface area contributed by atoms with Gasteiger partial charge in [0.1, 0.15) is 5.69 Å². The first-order valence-electron chi connectivity index (χ1n) is 6.13. The lowest BCUT2D eigenvalue weighted by Crippen LogP contribution is -2.25. The number of H-pyrrole nitrogens is 1. The highest BCUT2D eigenvalue weighted by Crippen LogP contribution is 2.17. The van der Waals surface area contributed by atoms with Gasteiger partial charge in [0, 0.05) is 25.5 Å². The van der Waals surface area contributed by atoms with Crippen LogP contribution < -0.4 is 5.32 Å². The lowest BCUT2D eigenvalue weighted by molar-refractivity contribution is 0.0947. The largest absolute Gasteiger partial charge is 0.381 e. The standard InChI is InChI=1S/C12H19N3O2/c1-9-7-11(15-14-9)12(16)13-5-2-3-10-4-6-17-8-10/h7,10H,2-6,8H2,1H3,(H,13,16)(H,14,15). The van der Waals surface area contributed by atoms with Gasteiger partial charge in [0.15, 0.2) is 0 Å². The third-order valence-corrected chi connectivity index (χ3v) is 3.04. The van der Waals surface area contributed by atoms with E-state index in [9.17, 15) is 4.79 Å². The number of aromatic amines is 1. The van der Waals surface area contributed by atoms with Gasteiger partial charge in [0.25, 0.3) is 5.91 Å². The predicted molar refractivity (Wildman–Crippen MR) is 63.8 cm³/mol. The first-order chi connectivity index (χ1) is 8.25. The van der Waals surface area contributed by atoms with Gasteiger partial charge in [-0.15, -0.1) is 0 Å². The molecule has 1 saturated heterocycles. The number of hydrogen-bond acceptors (Lipinski definition) is 3. The molecule has 2 heterocycles. The first-order valence-corrected chi connectivity index (χ1v) is 6.13. The summed E-state index contributed by atoms with van der Waals surface area (Å²) in [6.07, 6.45) is 3.29. The molecule has 0 spiro atoms. The average molecular weight is 237 g/mol. The number of ether oxygens (including phenoxy) is 1. The normalized spacial score (nSPS) is 19.5. The van der Waals surface area contributed by atoms with Crippen molar-refractivity contribution in [2.24, 2.45) is 5.92 Å². The Hall–Kier alpha value is -1.36. The minimum absolute atomic E-state index is 0.1000. The SMILES string of the molecule is Cc1cc(C(=O)NCCCC2CCOC2)n[nH]1. The topological polar surface area (TPSA) is 67.0 Å². The van der Waals surface area contributed by atoms with Crippen molar-refractivity contribution in [2.75, 3.05) is 19.8 Å². The van der Waals surface area contributed by atoms with Gasteiger partial charge >= 0.3 is 0 Å². The molecule has 1 aromatic rings. The van der Waals surface area contributed by atoms with E-state index in [1.165, 1.54) is 0 Å². The number of aromatic nitrogens is 2. The van der Waals surface area contributed by atoms with Crippen LogP contribution in [0.25, 0.3) is 0 Å². The minimum Gasteiger partial charge on any atom is -0.381 e. The van der Waals surface area contributed by atoms with E-state index >= 15 is 0 Å². The van der Waals surface area contributed by atoms with Crippen LogP contribution in [0.2, 0.25) is 0 Å². The molecule has 94 valence electrons. The smallest absolute Gasteiger partial charge is 0.271 e. The predicted octanol–water partition coefficient (Wildman–Crippen LogP) is 1.26. The molecular formula is C12H19N3O2. The summed E-state index contributed by atoms with van der Waals surface area (Å²) in [5.74, 6) is 0.580. The molecule has 0 bridgehead atoms. The molecule has 0 saturated carbocycles. The molecule has 2 rings (SSSR count). The number of hydrogen-bond donors (Lipinski definition) is 2. The maximum Gasteiger partial charge on any atom is 0.271 e. The second-order valence-electron chi connectivity index (χ2n) is 4.56. The Kier molecular flexibility index (Phi) is 4.14. The van der Waals surface area contributed by atoms with Crippen molar-refractivity contribution in [3.8, 4) is 0 Å². The zero-order valence-electron chi connectivity index (χ0n) is 10.2. The molecule has 1 atom stereocenters. The molecule has 5 heteroatoms. The summed E-state index contributed by atoms with van der Waals surface area (Å²) in [6.45, 7) is 4.36. The second kappa shape index (κ2) is 5.82. The zero-order valence-corrected chi connectivity index (χ0v) is 10.2. The fraction of sp³-hybridized carbons (Fsp3) is 0.667. The second-order valence-corrected chi connectivity index (χ2v) is 4.56. The number of nitrogens with one attached hydrogen (secondary N) is 2. The van der Waals surface area contributed by atoms with Crippen LogP contribution in [0, 0.1) is 12.8 Å². The number of nitrogens with zero attached hydrogens (tertiary/aromatic N) is 1. The van der Waals surface area contributed by atoms with Crippen LogP contribution in [-0.4, -0.2) is 35.9 Å². The van der Waals surface area contributed by atoms with Gasteiger partial charge in [-0.05, 0) is 38.2 Å². The molecular weight excluding hydrogens is 218 g/mol. The first kappa shape index (κ1) is 12.1. The lowest BCUT2D eigenvalue weighted by Gasteiger charge is -2.07. The number of aryl methyl sites for hydroxylation is 1. The number of carbonyl (C=O) groups is 1. The van der Waals surface area contributed by atoms with Gasteiger partial charge in [-0.25, -0.2) is 0 Å². The Morgan fingerprint density at radius 3 is 3.24 bits per heavy atom. The molecule has 0 radical (unpaired) electrons. The van der Waals surface area contributed by atoms with E-state index in [1.54, 1.807) is 6.07 Å². The number of rotatable bonds is 5. The van der Waals surface area contributed by atoms with Crippen molar-refractivity contribution >= 4 is 5.91 Å². The summed E-state index contributed by atoms with van der Waals surface area (Å²) in [7, 11) is 0. The van der Waals surface area contributed by atoms with Crippen molar-refractivity contribution in [2.45, 2.75) is 26.2 Å². The van der Waals surface area contributed by atoms with Crippen molar-refractivity contribution in [3.05, 3.63) is 17.5 Å². The molecule has 1 fully saturated rings. The van der Waals surface area contributed by atoms with E-state index in [2.05, 4.69) is 15.5 Å². The highest BCUT2D eigenvalue weighted by Gasteiger charge is 2.15. The maximum absolute atomic E-state index is 11.6. The molecule has 5 nitrogen and oxygen atoms in total. The monoisotopic (exact) mass is 237 g/mol. The van der Waals surface area contributed by atoms with Crippen LogP contribution in [0.1, 0.15) is 35.4 Å². The van der Waals surface area contributed by atoms with Gasteiger partial charge in [0.2, 0.25) is 0 Å². The quantitative estimate of drug-likeness (QED) is 0.758. The van der Waals surface area contributed by atoms with Gasteiger partial charge < -0.3 is 10.1 Å². The fourth-order valence-electron chi connectivity index (χ4n) is 2.03. The van der Waals surface area contributed by atoms with Gasteiger partial charge in [-0.2, -0.15) is 5.10 Å². The average Bonchev–Trinajstić information content (AvgIpc) is 2.95. The van der Waals surface area contributed by atoms with Crippen LogP contribution in [0.4, 0.5) is 0 Å². The molecule has 0 aromatic carbocycles. The highest BCUT2D eigenvalue weighted by molar-refractivity contribution is 5.92. The van der Waals surface area contributed by atoms with Crippen molar-refractivity contribution in [1.82, 2.24) is 15.5 Å². The van der Waals surface area contributed by atoms with E-state index in [-0.39, 0.29) is 5.91 Å². The van der Waals surface area contributed by atoms with Crippen LogP contribution in [0.15, 0.2) is 6.07 Å². The molecule has 2 N–H and O–H groups in total. The summed E-state index contributed by atoms with van der Waals surface area (Å²) in [5, 5.41) is 9.55. The van der Waals surface area contributed by atoms with Crippen molar-refractivity contribution in [3.63, 3.8) is 0 Å². The van der Waals surface area contributed by atoms with Crippen LogP contribution in [0.5, 0.6) is 0 Å². The Morgan fingerprint density at radius 2 is 2.59 bits per heavy atom. The molecule has 0 aliphatic carbocycles. The summed E-state index contributed by atoms with van der Waals surface area (Å²) >= 11 is 0. The Bertz CT molecular complexity index is 370. The summed E-state index contributed by atoms with van der Waals surface area (Å²) in [5.41, 5.74) is 1.37. The molecule has 1 aliphatic rings. The lowest BCUT2D eigenvalue weighted by atomic mass is 10.0. The van der Waals surface area contributed by atoms with E-state index in [0.29, 0.717) is 18.2 Å². The third-order valence-electron chi connectivity index (χ3n) is 3.04. The zero-order chi connectivity index (χ0) is 12.1. The highest BCUT2D eigenvalue weighted by atomic mass is 16.5. The van der Waals surface area contributed by atoms with Gasteiger partial charge in [-0.3, -0.25) is 9.89 Å².